The van der Waals surface area contributed by atoms with Crippen LogP contribution in [0.25, 0.3) is 0 Å². The van der Waals surface area contributed by atoms with Gasteiger partial charge in [-0.3, -0.25) is 0 Å². The summed E-state index contributed by atoms with van der Waals surface area (Å²) < 4.78 is 5.19. The molecule has 0 spiro atoms. The molecule has 1 heteroatoms. The van der Waals surface area contributed by atoms with Gasteiger partial charge < -0.3 is 4.74 Å². The smallest absolute Gasteiger partial charge is 0.0515 e. The van der Waals surface area contributed by atoms with Gasteiger partial charge in [-0.25, -0.2) is 0 Å². The minimum absolute atomic E-state index is 0.421. The van der Waals surface area contributed by atoms with Gasteiger partial charge in [-0.05, 0) is 18.3 Å². The van der Waals surface area contributed by atoms with Crippen LogP contribution in [0.1, 0.15) is 46.5 Å². The van der Waals surface area contributed by atoms with Gasteiger partial charge in [0.1, 0.15) is 0 Å². The highest BCUT2D eigenvalue weighted by molar-refractivity contribution is 4.71. The predicted octanol–water partition coefficient (Wildman–Crippen LogP) is 3.24. The van der Waals surface area contributed by atoms with E-state index in [0.29, 0.717) is 5.41 Å². The van der Waals surface area contributed by atoms with Crippen LogP contribution in [0.2, 0.25) is 0 Å². The fourth-order valence-corrected chi connectivity index (χ4v) is 1.30. The lowest BCUT2D eigenvalue weighted by atomic mass is 9.83. The minimum Gasteiger partial charge on any atom is -0.384 e. The zero-order chi connectivity index (χ0) is 8.74. The molecule has 11 heavy (non-hydrogen) atoms. The van der Waals surface area contributed by atoms with Gasteiger partial charge in [0.05, 0.1) is 6.61 Å². The molecule has 0 N–H and O–H groups in total. The van der Waals surface area contributed by atoms with Crippen LogP contribution >= 0.6 is 0 Å². The van der Waals surface area contributed by atoms with Crippen LogP contribution in [0.5, 0.6) is 0 Å². The maximum absolute atomic E-state index is 5.19. The summed E-state index contributed by atoms with van der Waals surface area (Å²) in [5.41, 5.74) is 0.421. The molecule has 0 amide bonds. The van der Waals surface area contributed by atoms with Crippen LogP contribution in [-0.4, -0.2) is 13.7 Å². The summed E-state index contributed by atoms with van der Waals surface area (Å²) in [6, 6.07) is 0. The van der Waals surface area contributed by atoms with Gasteiger partial charge in [0, 0.05) is 7.11 Å². The van der Waals surface area contributed by atoms with E-state index in [1.54, 1.807) is 7.11 Å². The fraction of sp³-hybridized carbons (Fsp3) is 1.00. The first kappa shape index (κ1) is 11.0. The molecule has 0 heterocycles. The molecule has 0 aromatic rings. The summed E-state index contributed by atoms with van der Waals surface area (Å²) in [7, 11) is 1.79. The van der Waals surface area contributed by atoms with Crippen molar-refractivity contribution in [3.63, 3.8) is 0 Å². The third kappa shape index (κ3) is 4.41. The molecular formula is C10H22O. The molecule has 0 aromatic heterocycles. The number of rotatable bonds is 6. The van der Waals surface area contributed by atoms with E-state index < -0.39 is 0 Å². The molecule has 0 radical (unpaired) electrons. The van der Waals surface area contributed by atoms with Crippen molar-refractivity contribution in [2.75, 3.05) is 13.7 Å². The van der Waals surface area contributed by atoms with Crippen LogP contribution in [-0.2, 0) is 4.74 Å². The first-order valence-corrected chi connectivity index (χ1v) is 4.67. The van der Waals surface area contributed by atoms with E-state index in [0.717, 1.165) is 6.61 Å². The van der Waals surface area contributed by atoms with E-state index in [2.05, 4.69) is 20.8 Å². The molecule has 0 fully saturated rings. The zero-order valence-corrected chi connectivity index (χ0v) is 8.44. The Labute approximate surface area is 71.1 Å². The largest absolute Gasteiger partial charge is 0.384 e. The number of methoxy groups -OCH3 is 1. The van der Waals surface area contributed by atoms with Gasteiger partial charge in [0.2, 0.25) is 0 Å². The van der Waals surface area contributed by atoms with Crippen LogP contribution in [0.3, 0.4) is 0 Å². The van der Waals surface area contributed by atoms with Crippen molar-refractivity contribution in [3.8, 4) is 0 Å². The van der Waals surface area contributed by atoms with E-state index >= 15 is 0 Å². The van der Waals surface area contributed by atoms with Crippen molar-refractivity contribution >= 4 is 0 Å². The molecule has 1 atom stereocenters. The molecule has 0 aromatic carbocycles. The topological polar surface area (TPSA) is 9.23 Å². The monoisotopic (exact) mass is 158 g/mol. The van der Waals surface area contributed by atoms with Gasteiger partial charge in [-0.2, -0.15) is 0 Å². The Morgan fingerprint density at radius 3 is 2.27 bits per heavy atom. The summed E-state index contributed by atoms with van der Waals surface area (Å²) in [5.74, 6) is 0. The van der Waals surface area contributed by atoms with Gasteiger partial charge >= 0.3 is 0 Å². The average Bonchev–Trinajstić information content (AvgIpc) is 2.02. The zero-order valence-electron chi connectivity index (χ0n) is 8.44. The lowest BCUT2D eigenvalue weighted by Crippen LogP contribution is -2.21. The molecule has 0 aliphatic rings. The van der Waals surface area contributed by atoms with Crippen LogP contribution in [0.15, 0.2) is 0 Å². The standard InChI is InChI=1S/C10H22O/c1-5-7-8-10(3,6-2)9-11-4/h5-9H2,1-4H3. The highest BCUT2D eigenvalue weighted by atomic mass is 16.5. The first-order valence-electron chi connectivity index (χ1n) is 4.67. The lowest BCUT2D eigenvalue weighted by molar-refractivity contribution is 0.0806. The van der Waals surface area contributed by atoms with Crippen molar-refractivity contribution < 1.29 is 4.74 Å². The van der Waals surface area contributed by atoms with Crippen LogP contribution in [0, 0.1) is 5.41 Å². The number of ether oxygens (including phenoxy) is 1. The first-order chi connectivity index (χ1) is 5.18. The second kappa shape index (κ2) is 5.59. The molecule has 0 aliphatic heterocycles. The summed E-state index contributed by atoms with van der Waals surface area (Å²) in [4.78, 5) is 0. The van der Waals surface area contributed by atoms with Crippen molar-refractivity contribution in [2.45, 2.75) is 46.5 Å². The van der Waals surface area contributed by atoms with Crippen LogP contribution < -0.4 is 0 Å². The molecule has 1 unspecified atom stereocenters. The summed E-state index contributed by atoms with van der Waals surface area (Å²) >= 11 is 0. The van der Waals surface area contributed by atoms with E-state index in [1.165, 1.54) is 25.7 Å². The van der Waals surface area contributed by atoms with E-state index in [1.807, 2.05) is 0 Å². The maximum atomic E-state index is 5.19. The van der Waals surface area contributed by atoms with E-state index in [-0.39, 0.29) is 0 Å². The second-order valence-electron chi connectivity index (χ2n) is 3.70. The Bertz CT molecular complexity index is 90.9. The van der Waals surface area contributed by atoms with Crippen molar-refractivity contribution in [1.29, 1.82) is 0 Å². The summed E-state index contributed by atoms with van der Waals surface area (Å²) in [5, 5.41) is 0. The summed E-state index contributed by atoms with van der Waals surface area (Å²) in [6.07, 6.45) is 5.14. The predicted molar refractivity (Wildman–Crippen MR) is 49.8 cm³/mol. The number of hydrogen-bond donors (Lipinski definition) is 0. The Morgan fingerprint density at radius 1 is 1.27 bits per heavy atom. The van der Waals surface area contributed by atoms with Gasteiger partial charge in [0.25, 0.3) is 0 Å². The molecule has 0 saturated carbocycles. The Kier molecular flexibility index (Phi) is 5.57. The highest BCUT2D eigenvalue weighted by Gasteiger charge is 2.20. The SMILES string of the molecule is CCCCC(C)(CC)COC. The molecule has 0 saturated heterocycles. The van der Waals surface area contributed by atoms with Crippen molar-refractivity contribution in [1.82, 2.24) is 0 Å². The molecule has 68 valence electrons. The van der Waals surface area contributed by atoms with Crippen LogP contribution in [0.4, 0.5) is 0 Å². The van der Waals surface area contributed by atoms with E-state index in [9.17, 15) is 0 Å². The number of hydrogen-bond acceptors (Lipinski definition) is 1. The second-order valence-corrected chi connectivity index (χ2v) is 3.70. The van der Waals surface area contributed by atoms with Gasteiger partial charge in [0.15, 0.2) is 0 Å². The van der Waals surface area contributed by atoms with Crippen molar-refractivity contribution in [3.05, 3.63) is 0 Å². The minimum atomic E-state index is 0.421. The van der Waals surface area contributed by atoms with Gasteiger partial charge in [-0.15, -0.1) is 0 Å². The molecule has 0 bridgehead atoms. The Morgan fingerprint density at radius 2 is 1.91 bits per heavy atom. The Balaban J connectivity index is 3.68. The third-order valence-electron chi connectivity index (χ3n) is 2.48. The lowest BCUT2D eigenvalue weighted by Gasteiger charge is -2.26. The van der Waals surface area contributed by atoms with E-state index in [4.69, 9.17) is 4.74 Å². The maximum Gasteiger partial charge on any atom is 0.0515 e. The molecular weight excluding hydrogens is 136 g/mol. The quantitative estimate of drug-likeness (QED) is 0.576. The molecule has 0 aliphatic carbocycles. The highest BCUT2D eigenvalue weighted by Crippen LogP contribution is 2.27. The number of unbranched alkanes of at least 4 members (excludes halogenated alkanes) is 1. The fourth-order valence-electron chi connectivity index (χ4n) is 1.30. The Hall–Kier alpha value is -0.0400. The van der Waals surface area contributed by atoms with Crippen molar-refractivity contribution in [2.24, 2.45) is 5.41 Å². The summed E-state index contributed by atoms with van der Waals surface area (Å²) in [6.45, 7) is 7.70. The average molecular weight is 158 g/mol. The molecule has 0 rings (SSSR count). The third-order valence-corrected chi connectivity index (χ3v) is 2.48. The molecule has 1 nitrogen and oxygen atoms in total. The normalized spacial score (nSPS) is 16.4. The van der Waals surface area contributed by atoms with Gasteiger partial charge in [-0.1, -0.05) is 33.6 Å².